The van der Waals surface area contributed by atoms with Crippen LogP contribution >= 0.6 is 0 Å². The second-order valence-corrected chi connectivity index (χ2v) is 10.5. The minimum absolute atomic E-state index is 0.257. The second-order valence-electron chi connectivity index (χ2n) is 10.5. The number of nitrogens with zero attached hydrogens (tertiary/aromatic N) is 2. The number of carbonyl (C=O) groups excluding carboxylic acids is 3. The quantitative estimate of drug-likeness (QED) is 0.267. The summed E-state index contributed by atoms with van der Waals surface area (Å²) in [7, 11) is 1.60. The Morgan fingerprint density at radius 3 is 2.40 bits per heavy atom. The molecule has 2 unspecified atom stereocenters. The highest BCUT2D eigenvalue weighted by molar-refractivity contribution is 6.24. The highest BCUT2D eigenvalue weighted by Gasteiger charge is 2.53. The molecule has 0 saturated carbocycles. The number of aromatic amines is 1. The minimum Gasteiger partial charge on any atom is -0.497 e. The molecule has 2 N–H and O–H groups in total. The first kappa shape index (κ1) is 25.6. The average Bonchev–Trinajstić information content (AvgIpc) is 3.53. The molecule has 2 aliphatic rings. The van der Waals surface area contributed by atoms with E-state index in [-0.39, 0.29) is 29.6 Å². The van der Waals surface area contributed by atoms with E-state index < -0.39 is 18.1 Å². The molecule has 1 saturated heterocycles. The third-order valence-electron chi connectivity index (χ3n) is 8.17. The van der Waals surface area contributed by atoms with Crippen LogP contribution in [0, 0.1) is 0 Å². The van der Waals surface area contributed by atoms with Gasteiger partial charge in [0.15, 0.2) is 0 Å². The normalized spacial score (nSPS) is 17.7. The number of benzene rings is 4. The molecule has 8 heteroatoms. The molecule has 208 valence electrons. The van der Waals surface area contributed by atoms with Crippen LogP contribution in [0.15, 0.2) is 103 Å². The molecule has 0 bridgehead atoms. The number of urea groups is 1. The Kier molecular flexibility index (Phi) is 6.23. The smallest absolute Gasteiger partial charge is 0.332 e. The summed E-state index contributed by atoms with van der Waals surface area (Å²) in [4.78, 5) is 48.2. The van der Waals surface area contributed by atoms with Gasteiger partial charge in [-0.05, 0) is 47.0 Å². The number of para-hydroxylation sites is 2. The zero-order valence-corrected chi connectivity index (χ0v) is 22.9. The van der Waals surface area contributed by atoms with Crippen LogP contribution in [0.2, 0.25) is 0 Å². The Morgan fingerprint density at radius 2 is 1.62 bits per heavy atom. The summed E-state index contributed by atoms with van der Waals surface area (Å²) in [5, 5.41) is 3.97. The molecular weight excluding hydrogens is 528 g/mol. The summed E-state index contributed by atoms with van der Waals surface area (Å²) >= 11 is 0. The standard InChI is InChI=1S/C34H28N4O4/c1-42-23-17-15-21(16-18-23)20-35-32(39)25-12-6-8-14-28(25)38-33(40)29-19-26-24-11-5-7-13-27(24)36-30(26)31(37(29)34(38)41)22-9-3-2-4-10-22/h2-18,29,31,36H,19-20H2,1H3,(H,35,39). The Hall–Kier alpha value is -5.37. The number of amides is 4. The molecule has 2 atom stereocenters. The lowest BCUT2D eigenvalue weighted by molar-refractivity contribution is -0.120. The van der Waals surface area contributed by atoms with Gasteiger partial charge in [0.1, 0.15) is 17.8 Å². The predicted octanol–water partition coefficient (Wildman–Crippen LogP) is 5.59. The van der Waals surface area contributed by atoms with E-state index in [9.17, 15) is 14.4 Å². The number of hydrogen-bond acceptors (Lipinski definition) is 4. The van der Waals surface area contributed by atoms with Crippen LogP contribution in [0.1, 0.15) is 38.8 Å². The molecule has 0 spiro atoms. The maximum Gasteiger partial charge on any atom is 0.332 e. The van der Waals surface area contributed by atoms with Gasteiger partial charge in [-0.25, -0.2) is 9.69 Å². The highest BCUT2D eigenvalue weighted by atomic mass is 16.5. The van der Waals surface area contributed by atoms with Gasteiger partial charge in [-0.1, -0.05) is 72.8 Å². The van der Waals surface area contributed by atoms with E-state index in [1.807, 2.05) is 78.9 Å². The fourth-order valence-corrected chi connectivity index (χ4v) is 6.16. The number of imide groups is 1. The minimum atomic E-state index is -0.704. The molecule has 4 amide bonds. The topological polar surface area (TPSA) is 94.7 Å². The first-order valence-electron chi connectivity index (χ1n) is 13.9. The summed E-state index contributed by atoms with van der Waals surface area (Å²) < 4.78 is 5.21. The van der Waals surface area contributed by atoms with Crippen molar-refractivity contribution in [2.75, 3.05) is 12.0 Å². The third kappa shape index (κ3) is 4.11. The number of fused-ring (bicyclic) bond motifs is 4. The van der Waals surface area contributed by atoms with E-state index in [0.29, 0.717) is 6.42 Å². The van der Waals surface area contributed by atoms with Crippen molar-refractivity contribution >= 4 is 34.4 Å². The van der Waals surface area contributed by atoms with Crippen LogP contribution in [0.25, 0.3) is 10.9 Å². The summed E-state index contributed by atoms with van der Waals surface area (Å²) in [5.74, 6) is 0.0147. The van der Waals surface area contributed by atoms with E-state index >= 15 is 0 Å². The molecule has 8 nitrogen and oxygen atoms in total. The van der Waals surface area contributed by atoms with Crippen molar-refractivity contribution in [1.29, 1.82) is 0 Å². The maximum absolute atomic E-state index is 14.2. The molecular formula is C34H28N4O4. The zero-order valence-electron chi connectivity index (χ0n) is 22.9. The van der Waals surface area contributed by atoms with Crippen LogP contribution < -0.4 is 15.0 Å². The van der Waals surface area contributed by atoms with Gasteiger partial charge in [-0.2, -0.15) is 0 Å². The monoisotopic (exact) mass is 556 g/mol. The van der Waals surface area contributed by atoms with Gasteiger partial charge in [0.25, 0.3) is 11.8 Å². The van der Waals surface area contributed by atoms with Crippen LogP contribution in [-0.2, 0) is 17.8 Å². The molecule has 2 aliphatic heterocycles. The third-order valence-corrected chi connectivity index (χ3v) is 8.17. The Labute approximate surface area is 242 Å². The number of hydrogen-bond donors (Lipinski definition) is 2. The van der Waals surface area contributed by atoms with Gasteiger partial charge in [0.2, 0.25) is 0 Å². The van der Waals surface area contributed by atoms with Gasteiger partial charge < -0.3 is 15.0 Å². The van der Waals surface area contributed by atoms with Gasteiger partial charge in [0.05, 0.1) is 18.4 Å². The van der Waals surface area contributed by atoms with E-state index in [0.717, 1.165) is 39.0 Å². The van der Waals surface area contributed by atoms with E-state index in [2.05, 4.69) is 10.3 Å². The number of nitrogens with one attached hydrogen (secondary N) is 2. The first-order chi connectivity index (χ1) is 20.5. The van der Waals surface area contributed by atoms with E-state index in [1.54, 1.807) is 36.3 Å². The van der Waals surface area contributed by atoms with Gasteiger partial charge in [-0.3, -0.25) is 14.5 Å². The summed E-state index contributed by atoms with van der Waals surface area (Å²) in [6.07, 6.45) is 0.385. The Balaban J connectivity index is 1.24. The number of methoxy groups -OCH3 is 1. The van der Waals surface area contributed by atoms with Crippen molar-refractivity contribution in [2.45, 2.75) is 25.0 Å². The molecule has 0 aliphatic carbocycles. The second kappa shape index (κ2) is 10.2. The largest absolute Gasteiger partial charge is 0.497 e. The summed E-state index contributed by atoms with van der Waals surface area (Å²) in [6.45, 7) is 0.283. The van der Waals surface area contributed by atoms with Crippen LogP contribution in [-0.4, -0.2) is 40.9 Å². The number of ether oxygens (including phenoxy) is 1. The number of carbonyl (C=O) groups is 3. The van der Waals surface area contributed by atoms with Crippen LogP contribution in [0.5, 0.6) is 5.75 Å². The fourth-order valence-electron chi connectivity index (χ4n) is 6.16. The van der Waals surface area contributed by atoms with Crippen LogP contribution in [0.3, 0.4) is 0 Å². The summed E-state index contributed by atoms with van der Waals surface area (Å²) in [6, 6.07) is 30.3. The molecule has 3 heterocycles. The lowest BCUT2D eigenvalue weighted by Gasteiger charge is -2.36. The van der Waals surface area contributed by atoms with Crippen molar-refractivity contribution in [3.63, 3.8) is 0 Å². The first-order valence-corrected chi connectivity index (χ1v) is 13.9. The lowest BCUT2D eigenvalue weighted by Crippen LogP contribution is -2.44. The molecule has 4 aromatic carbocycles. The van der Waals surface area contributed by atoms with Crippen molar-refractivity contribution in [2.24, 2.45) is 0 Å². The van der Waals surface area contributed by atoms with E-state index in [4.69, 9.17) is 4.74 Å². The molecule has 5 aromatic rings. The fraction of sp³-hybridized carbons (Fsp3) is 0.147. The Bertz CT molecular complexity index is 1830. The molecule has 0 radical (unpaired) electrons. The number of aromatic nitrogens is 1. The van der Waals surface area contributed by atoms with Crippen molar-refractivity contribution < 1.29 is 19.1 Å². The zero-order chi connectivity index (χ0) is 28.8. The Morgan fingerprint density at radius 1 is 0.905 bits per heavy atom. The van der Waals surface area contributed by atoms with Gasteiger partial charge in [-0.15, -0.1) is 0 Å². The lowest BCUT2D eigenvalue weighted by atomic mass is 9.89. The summed E-state index contributed by atoms with van der Waals surface area (Å²) in [5.41, 5.74) is 5.25. The molecule has 7 rings (SSSR count). The number of rotatable bonds is 6. The predicted molar refractivity (Wildman–Crippen MR) is 159 cm³/mol. The van der Waals surface area contributed by atoms with Gasteiger partial charge >= 0.3 is 6.03 Å². The van der Waals surface area contributed by atoms with Crippen LogP contribution in [0.4, 0.5) is 10.5 Å². The van der Waals surface area contributed by atoms with Crippen molar-refractivity contribution in [3.8, 4) is 5.75 Å². The number of anilines is 1. The van der Waals surface area contributed by atoms with Crippen molar-refractivity contribution in [1.82, 2.24) is 15.2 Å². The van der Waals surface area contributed by atoms with Gasteiger partial charge in [0, 0.05) is 29.6 Å². The molecule has 1 aromatic heterocycles. The number of H-pyrrole nitrogens is 1. The van der Waals surface area contributed by atoms with E-state index in [1.165, 1.54) is 4.90 Å². The SMILES string of the molecule is COc1ccc(CNC(=O)c2ccccc2N2C(=O)C3Cc4c([nH]c5ccccc45)C(c4ccccc4)N3C2=O)cc1. The molecule has 42 heavy (non-hydrogen) atoms. The maximum atomic E-state index is 14.2. The molecule has 1 fully saturated rings. The van der Waals surface area contributed by atoms with Crippen molar-refractivity contribution in [3.05, 3.63) is 131 Å². The highest BCUT2D eigenvalue weighted by Crippen LogP contribution is 2.45. The average molecular weight is 557 g/mol.